The topological polar surface area (TPSA) is 85.2 Å². The lowest BCUT2D eigenvalue weighted by Crippen LogP contribution is -2.06. The first-order chi connectivity index (χ1) is 11.5. The Balaban J connectivity index is 1.95. The average Bonchev–Trinajstić information content (AvgIpc) is 2.87. The molecule has 0 aliphatic heterocycles. The number of nitrogens with zero attached hydrogens (tertiary/aromatic N) is 1. The van der Waals surface area contributed by atoms with Crippen molar-refractivity contribution in [2.45, 2.75) is 20.5 Å². The van der Waals surface area contributed by atoms with Crippen LogP contribution in [0, 0.1) is 24.0 Å². The van der Waals surface area contributed by atoms with E-state index in [0.29, 0.717) is 10.9 Å². The molecule has 0 fully saturated rings. The molecular weight excluding hydrogens is 308 g/mol. The molecule has 0 spiro atoms. The highest BCUT2D eigenvalue weighted by molar-refractivity contribution is 6.00. The zero-order valence-electron chi connectivity index (χ0n) is 13.3. The van der Waals surface area contributed by atoms with Crippen molar-refractivity contribution in [3.63, 3.8) is 0 Å². The number of hydrogen-bond donors (Lipinski definition) is 1. The van der Waals surface area contributed by atoms with Crippen LogP contribution in [0.5, 0.6) is 0 Å². The first-order valence-electron chi connectivity index (χ1n) is 7.45. The number of non-ortho nitro benzene ring substituents is 1. The van der Waals surface area contributed by atoms with Crippen LogP contribution in [0.3, 0.4) is 0 Å². The van der Waals surface area contributed by atoms with Crippen molar-refractivity contribution in [3.8, 4) is 0 Å². The SMILES string of the molecule is Cc1[nH]c2c([N+](=O)[O-])cc(C(=O)OCc3ccccc3)cc2c1C. The van der Waals surface area contributed by atoms with E-state index >= 15 is 0 Å². The lowest BCUT2D eigenvalue weighted by Gasteiger charge is -2.06. The van der Waals surface area contributed by atoms with Gasteiger partial charge in [-0.2, -0.15) is 0 Å². The number of ether oxygens (including phenoxy) is 1. The minimum atomic E-state index is -0.581. The number of aryl methyl sites for hydroxylation is 2. The Morgan fingerprint density at radius 1 is 1.21 bits per heavy atom. The van der Waals surface area contributed by atoms with E-state index in [0.717, 1.165) is 16.8 Å². The zero-order valence-corrected chi connectivity index (χ0v) is 13.3. The predicted octanol–water partition coefficient (Wildman–Crippen LogP) is 4.05. The van der Waals surface area contributed by atoms with Crippen LogP contribution in [0.2, 0.25) is 0 Å². The molecule has 3 aromatic rings. The number of carbonyl (C=O) groups is 1. The first-order valence-corrected chi connectivity index (χ1v) is 7.45. The standard InChI is InChI=1S/C18H16N2O4/c1-11-12(2)19-17-15(11)8-14(9-16(17)20(22)23)18(21)24-10-13-6-4-3-5-7-13/h3-9,19H,10H2,1-2H3. The van der Waals surface area contributed by atoms with Crippen molar-refractivity contribution in [1.82, 2.24) is 4.98 Å². The zero-order chi connectivity index (χ0) is 17.3. The summed E-state index contributed by atoms with van der Waals surface area (Å²) in [5.74, 6) is -0.581. The molecular formula is C18H16N2O4. The van der Waals surface area contributed by atoms with Crippen molar-refractivity contribution >= 4 is 22.6 Å². The number of H-pyrrole nitrogens is 1. The van der Waals surface area contributed by atoms with Gasteiger partial charge in [-0.05, 0) is 31.0 Å². The van der Waals surface area contributed by atoms with Gasteiger partial charge in [0.1, 0.15) is 12.1 Å². The Hall–Kier alpha value is -3.15. The van der Waals surface area contributed by atoms with Gasteiger partial charge >= 0.3 is 5.97 Å². The molecule has 0 saturated carbocycles. The molecule has 0 atom stereocenters. The second-order valence-electron chi connectivity index (χ2n) is 5.61. The van der Waals surface area contributed by atoms with Crippen molar-refractivity contribution in [2.24, 2.45) is 0 Å². The molecule has 1 N–H and O–H groups in total. The Kier molecular flexibility index (Phi) is 4.04. The van der Waals surface area contributed by atoms with Crippen LogP contribution in [-0.2, 0) is 11.3 Å². The second kappa shape index (κ2) is 6.16. The summed E-state index contributed by atoms with van der Waals surface area (Å²) in [6.07, 6.45) is 0. The molecule has 0 amide bonds. The minimum absolute atomic E-state index is 0.122. The number of aromatic amines is 1. The quantitative estimate of drug-likeness (QED) is 0.446. The lowest BCUT2D eigenvalue weighted by atomic mass is 10.1. The number of hydrogen-bond acceptors (Lipinski definition) is 4. The van der Waals surface area contributed by atoms with Crippen LogP contribution in [0.4, 0.5) is 5.69 Å². The Morgan fingerprint density at radius 2 is 1.92 bits per heavy atom. The van der Waals surface area contributed by atoms with Crippen LogP contribution in [0.25, 0.3) is 10.9 Å². The molecule has 6 heteroatoms. The molecule has 1 aromatic heterocycles. The number of rotatable bonds is 4. The van der Waals surface area contributed by atoms with Gasteiger partial charge < -0.3 is 9.72 Å². The largest absolute Gasteiger partial charge is 0.457 e. The summed E-state index contributed by atoms with van der Waals surface area (Å²) in [6, 6.07) is 12.2. The second-order valence-corrected chi connectivity index (χ2v) is 5.61. The average molecular weight is 324 g/mol. The summed E-state index contributed by atoms with van der Waals surface area (Å²) in [7, 11) is 0. The number of nitro benzene ring substituents is 1. The Bertz CT molecular complexity index is 929. The van der Waals surface area contributed by atoms with E-state index in [4.69, 9.17) is 4.74 Å². The monoisotopic (exact) mass is 324 g/mol. The number of nitrogens with one attached hydrogen (secondary N) is 1. The minimum Gasteiger partial charge on any atom is -0.457 e. The van der Waals surface area contributed by atoms with Gasteiger partial charge in [-0.3, -0.25) is 10.1 Å². The van der Waals surface area contributed by atoms with E-state index in [1.165, 1.54) is 6.07 Å². The fourth-order valence-corrected chi connectivity index (χ4v) is 2.61. The number of benzene rings is 2. The molecule has 24 heavy (non-hydrogen) atoms. The summed E-state index contributed by atoms with van der Waals surface area (Å²) < 4.78 is 5.27. The molecule has 122 valence electrons. The van der Waals surface area contributed by atoms with Crippen LogP contribution in [0.1, 0.15) is 27.2 Å². The highest BCUT2D eigenvalue weighted by atomic mass is 16.6. The van der Waals surface area contributed by atoms with Crippen LogP contribution >= 0.6 is 0 Å². The highest BCUT2D eigenvalue weighted by Crippen LogP contribution is 2.31. The number of nitro groups is 1. The fourth-order valence-electron chi connectivity index (χ4n) is 2.61. The third kappa shape index (κ3) is 2.86. The number of fused-ring (bicyclic) bond motifs is 1. The van der Waals surface area contributed by atoms with E-state index in [1.807, 2.05) is 44.2 Å². The van der Waals surface area contributed by atoms with E-state index in [2.05, 4.69) is 4.98 Å². The van der Waals surface area contributed by atoms with Crippen molar-refractivity contribution < 1.29 is 14.5 Å². The number of esters is 1. The molecule has 2 aromatic carbocycles. The van der Waals surface area contributed by atoms with E-state index in [1.54, 1.807) is 6.07 Å². The van der Waals surface area contributed by atoms with Gasteiger partial charge in [0.15, 0.2) is 0 Å². The van der Waals surface area contributed by atoms with Gasteiger partial charge in [0.2, 0.25) is 0 Å². The molecule has 1 heterocycles. The summed E-state index contributed by atoms with van der Waals surface area (Å²) in [4.78, 5) is 26.1. The van der Waals surface area contributed by atoms with Gasteiger partial charge in [0, 0.05) is 17.1 Å². The molecule has 0 radical (unpaired) electrons. The van der Waals surface area contributed by atoms with E-state index < -0.39 is 10.9 Å². The lowest BCUT2D eigenvalue weighted by molar-refractivity contribution is -0.383. The van der Waals surface area contributed by atoms with E-state index in [-0.39, 0.29) is 17.9 Å². The smallest absolute Gasteiger partial charge is 0.338 e. The van der Waals surface area contributed by atoms with Crippen molar-refractivity contribution in [1.29, 1.82) is 0 Å². The summed E-state index contributed by atoms with van der Waals surface area (Å²) >= 11 is 0. The third-order valence-electron chi connectivity index (χ3n) is 4.04. The third-order valence-corrected chi connectivity index (χ3v) is 4.04. The maximum atomic E-state index is 12.3. The highest BCUT2D eigenvalue weighted by Gasteiger charge is 2.21. The summed E-state index contributed by atoms with van der Waals surface area (Å²) in [6.45, 7) is 3.82. The number of aromatic nitrogens is 1. The molecule has 0 unspecified atom stereocenters. The summed E-state index contributed by atoms with van der Waals surface area (Å²) in [5, 5.41) is 12.0. The normalized spacial score (nSPS) is 10.8. The van der Waals surface area contributed by atoms with Gasteiger partial charge in [-0.1, -0.05) is 30.3 Å². The first kappa shape index (κ1) is 15.7. The van der Waals surface area contributed by atoms with Crippen LogP contribution in [0.15, 0.2) is 42.5 Å². The number of carbonyl (C=O) groups excluding carboxylic acids is 1. The van der Waals surface area contributed by atoms with Gasteiger partial charge in [-0.25, -0.2) is 4.79 Å². The fraction of sp³-hybridized carbons (Fsp3) is 0.167. The summed E-state index contributed by atoms with van der Waals surface area (Å²) in [5.41, 5.74) is 3.04. The predicted molar refractivity (Wildman–Crippen MR) is 90.0 cm³/mol. The molecule has 0 saturated heterocycles. The van der Waals surface area contributed by atoms with Crippen LogP contribution in [-0.4, -0.2) is 15.9 Å². The van der Waals surface area contributed by atoms with Crippen molar-refractivity contribution in [3.05, 3.63) is 75.0 Å². The maximum absolute atomic E-state index is 12.3. The Morgan fingerprint density at radius 3 is 2.58 bits per heavy atom. The van der Waals surface area contributed by atoms with Crippen LogP contribution < -0.4 is 0 Å². The van der Waals surface area contributed by atoms with Gasteiger partial charge in [0.05, 0.1) is 10.5 Å². The molecule has 6 nitrogen and oxygen atoms in total. The molecule has 0 aliphatic rings. The Labute approximate surface area is 138 Å². The van der Waals surface area contributed by atoms with Gasteiger partial charge in [-0.15, -0.1) is 0 Å². The molecule has 0 bridgehead atoms. The molecule has 0 aliphatic carbocycles. The maximum Gasteiger partial charge on any atom is 0.338 e. The van der Waals surface area contributed by atoms with E-state index in [9.17, 15) is 14.9 Å². The molecule has 3 rings (SSSR count). The van der Waals surface area contributed by atoms with Crippen molar-refractivity contribution in [2.75, 3.05) is 0 Å². The van der Waals surface area contributed by atoms with Gasteiger partial charge in [0.25, 0.3) is 5.69 Å².